The van der Waals surface area contributed by atoms with Crippen LogP contribution in [0.3, 0.4) is 0 Å². The van der Waals surface area contributed by atoms with Crippen LogP contribution in [0.25, 0.3) is 20.7 Å². The zero-order valence-corrected chi connectivity index (χ0v) is 18.6. The summed E-state index contributed by atoms with van der Waals surface area (Å²) in [6.07, 6.45) is 3.80. The minimum absolute atomic E-state index is 0.0988. The maximum Gasteiger partial charge on any atom is 0.268 e. The first-order valence-corrected chi connectivity index (χ1v) is 11.4. The molecule has 5 rings (SSSR count). The number of hydrogen-bond donors (Lipinski definition) is 2. The standard InChI is InChI=1S/C23H24N6O2S/c1-14-16(12-29(27-14)11-15-6-3-2-4-7-15)19-10-17-21(32-19)23(31)26-22(25-17)18-8-5-9-28(18)13-20(24)30/h2-4,6-7,10,12,18H,5,8-9,11,13H2,1H3,(H2,24,30)(H,25,26,31). The fourth-order valence-corrected chi connectivity index (χ4v) is 5.44. The number of hydrogen-bond acceptors (Lipinski definition) is 6. The van der Waals surface area contributed by atoms with Crippen molar-refractivity contribution < 1.29 is 4.79 Å². The lowest BCUT2D eigenvalue weighted by Crippen LogP contribution is -2.34. The Morgan fingerprint density at radius 3 is 2.91 bits per heavy atom. The SMILES string of the molecule is Cc1nn(Cc2ccccc2)cc1-c1cc2nc(C3CCCN3CC(N)=O)[nH]c(=O)c2s1. The average molecular weight is 449 g/mol. The number of aromatic nitrogens is 4. The lowest BCUT2D eigenvalue weighted by Gasteiger charge is -2.21. The third-order valence-corrected chi connectivity index (χ3v) is 6.99. The molecule has 1 saturated heterocycles. The first-order chi connectivity index (χ1) is 15.5. The monoisotopic (exact) mass is 448 g/mol. The molecular weight excluding hydrogens is 424 g/mol. The van der Waals surface area contributed by atoms with Crippen LogP contribution < -0.4 is 11.3 Å². The summed E-state index contributed by atoms with van der Waals surface area (Å²) in [4.78, 5) is 34.9. The number of aromatic amines is 1. The van der Waals surface area contributed by atoms with Gasteiger partial charge >= 0.3 is 0 Å². The number of H-pyrrole nitrogens is 1. The maximum atomic E-state index is 12.8. The fraction of sp³-hybridized carbons (Fsp3) is 0.304. The summed E-state index contributed by atoms with van der Waals surface area (Å²) >= 11 is 1.43. The highest BCUT2D eigenvalue weighted by Crippen LogP contribution is 2.34. The molecule has 4 heterocycles. The quantitative estimate of drug-likeness (QED) is 0.471. The predicted molar refractivity (Wildman–Crippen MR) is 124 cm³/mol. The minimum Gasteiger partial charge on any atom is -0.369 e. The highest BCUT2D eigenvalue weighted by Gasteiger charge is 2.29. The van der Waals surface area contributed by atoms with Crippen molar-refractivity contribution in [1.29, 1.82) is 0 Å². The molecule has 32 heavy (non-hydrogen) atoms. The summed E-state index contributed by atoms with van der Waals surface area (Å²) in [5, 5.41) is 4.66. The van der Waals surface area contributed by atoms with Gasteiger partial charge in [-0.1, -0.05) is 30.3 Å². The smallest absolute Gasteiger partial charge is 0.268 e. The number of likely N-dealkylation sites (tertiary alicyclic amines) is 1. The van der Waals surface area contributed by atoms with E-state index in [0.29, 0.717) is 22.6 Å². The molecule has 1 amide bonds. The van der Waals surface area contributed by atoms with Gasteiger partial charge in [-0.25, -0.2) is 4.98 Å². The topological polar surface area (TPSA) is 110 Å². The summed E-state index contributed by atoms with van der Waals surface area (Å²) in [6.45, 7) is 3.60. The van der Waals surface area contributed by atoms with Crippen molar-refractivity contribution in [3.05, 3.63) is 70.0 Å². The van der Waals surface area contributed by atoms with Gasteiger partial charge in [0.05, 0.1) is 30.3 Å². The summed E-state index contributed by atoms with van der Waals surface area (Å²) in [7, 11) is 0. The van der Waals surface area contributed by atoms with Crippen molar-refractivity contribution in [3.63, 3.8) is 0 Å². The molecular formula is C23H24N6O2S. The molecule has 4 aromatic rings. The van der Waals surface area contributed by atoms with Gasteiger partial charge in [0.25, 0.3) is 5.56 Å². The zero-order valence-electron chi connectivity index (χ0n) is 17.7. The van der Waals surface area contributed by atoms with E-state index in [4.69, 9.17) is 10.7 Å². The highest BCUT2D eigenvalue weighted by molar-refractivity contribution is 7.22. The number of thiophene rings is 1. The Bertz CT molecular complexity index is 1340. The van der Waals surface area contributed by atoms with Gasteiger partial charge in [0, 0.05) is 16.6 Å². The number of nitrogens with zero attached hydrogens (tertiary/aromatic N) is 4. The van der Waals surface area contributed by atoms with Gasteiger partial charge in [-0.05, 0) is 37.9 Å². The molecule has 0 saturated carbocycles. The van der Waals surface area contributed by atoms with E-state index in [1.807, 2.05) is 47.0 Å². The van der Waals surface area contributed by atoms with Gasteiger partial charge in [0.2, 0.25) is 5.91 Å². The third-order valence-electron chi connectivity index (χ3n) is 5.84. The van der Waals surface area contributed by atoms with Gasteiger partial charge < -0.3 is 10.7 Å². The van der Waals surface area contributed by atoms with E-state index in [1.165, 1.54) is 16.9 Å². The Balaban J connectivity index is 1.47. The number of fused-ring (bicyclic) bond motifs is 1. The molecule has 9 heteroatoms. The van der Waals surface area contributed by atoms with Gasteiger partial charge in [-0.15, -0.1) is 11.3 Å². The number of rotatable bonds is 6. The first kappa shape index (κ1) is 20.6. The molecule has 1 aromatic carbocycles. The maximum absolute atomic E-state index is 12.8. The molecule has 3 N–H and O–H groups in total. The van der Waals surface area contributed by atoms with E-state index in [1.54, 1.807) is 0 Å². The van der Waals surface area contributed by atoms with Gasteiger partial charge in [0.1, 0.15) is 10.5 Å². The molecule has 0 aliphatic carbocycles. The molecule has 3 aromatic heterocycles. The average Bonchev–Trinajstić information content (AvgIpc) is 3.47. The van der Waals surface area contributed by atoms with Gasteiger partial charge in [-0.3, -0.25) is 19.2 Å². The van der Waals surface area contributed by atoms with Crippen molar-refractivity contribution >= 4 is 27.5 Å². The second kappa shape index (κ2) is 8.33. The van der Waals surface area contributed by atoms with Crippen molar-refractivity contribution in [3.8, 4) is 10.4 Å². The van der Waals surface area contributed by atoms with Crippen LogP contribution in [0.2, 0.25) is 0 Å². The molecule has 0 spiro atoms. The van der Waals surface area contributed by atoms with E-state index >= 15 is 0 Å². The Morgan fingerprint density at radius 2 is 2.12 bits per heavy atom. The lowest BCUT2D eigenvalue weighted by atomic mass is 10.2. The molecule has 0 bridgehead atoms. The van der Waals surface area contributed by atoms with E-state index in [0.717, 1.165) is 35.5 Å². The third kappa shape index (κ3) is 3.96. The number of nitrogens with two attached hydrogens (primary N) is 1. The number of amides is 1. The Morgan fingerprint density at radius 1 is 1.31 bits per heavy atom. The summed E-state index contributed by atoms with van der Waals surface area (Å²) in [5.74, 6) is 0.225. The van der Waals surface area contributed by atoms with Gasteiger partial charge in [-0.2, -0.15) is 5.10 Å². The van der Waals surface area contributed by atoms with Crippen molar-refractivity contribution in [1.82, 2.24) is 24.6 Å². The Hall–Kier alpha value is -3.30. The van der Waals surface area contributed by atoms with E-state index < -0.39 is 0 Å². The molecule has 0 radical (unpaired) electrons. The Labute approximate surface area is 188 Å². The van der Waals surface area contributed by atoms with Crippen LogP contribution in [-0.2, 0) is 11.3 Å². The molecule has 1 aliphatic rings. The summed E-state index contributed by atoms with van der Waals surface area (Å²) < 4.78 is 2.52. The van der Waals surface area contributed by atoms with Crippen molar-refractivity contribution in [2.75, 3.05) is 13.1 Å². The molecule has 1 fully saturated rings. The fourth-order valence-electron chi connectivity index (χ4n) is 4.38. The van der Waals surface area contributed by atoms with Crippen LogP contribution in [0.15, 0.2) is 47.4 Å². The largest absolute Gasteiger partial charge is 0.369 e. The molecule has 8 nitrogen and oxygen atoms in total. The Kier molecular flexibility index (Phi) is 5.36. The van der Waals surface area contributed by atoms with Crippen molar-refractivity contribution in [2.24, 2.45) is 5.73 Å². The number of carbonyl (C=O) groups is 1. The lowest BCUT2D eigenvalue weighted by molar-refractivity contribution is -0.119. The van der Waals surface area contributed by atoms with E-state index in [2.05, 4.69) is 22.2 Å². The number of benzene rings is 1. The minimum atomic E-state index is -0.374. The summed E-state index contributed by atoms with van der Waals surface area (Å²) in [6, 6.07) is 12.0. The molecule has 1 aliphatic heterocycles. The summed E-state index contributed by atoms with van der Waals surface area (Å²) in [5.41, 5.74) is 9.00. The van der Waals surface area contributed by atoms with Crippen LogP contribution in [0.1, 0.15) is 36.0 Å². The van der Waals surface area contributed by atoms with E-state index in [-0.39, 0.29) is 24.1 Å². The number of carbonyl (C=O) groups excluding carboxylic acids is 1. The predicted octanol–water partition coefficient (Wildman–Crippen LogP) is 2.83. The molecule has 1 unspecified atom stereocenters. The molecule has 164 valence electrons. The first-order valence-electron chi connectivity index (χ1n) is 10.6. The second-order valence-electron chi connectivity index (χ2n) is 8.18. The van der Waals surface area contributed by atoms with Crippen molar-refractivity contribution in [2.45, 2.75) is 32.4 Å². The van der Waals surface area contributed by atoms with Crippen LogP contribution >= 0.6 is 11.3 Å². The number of nitrogens with one attached hydrogen (secondary N) is 1. The van der Waals surface area contributed by atoms with Crippen LogP contribution in [0.4, 0.5) is 0 Å². The van der Waals surface area contributed by atoms with Crippen LogP contribution in [0, 0.1) is 6.92 Å². The molecule has 1 atom stereocenters. The number of aryl methyl sites for hydroxylation is 1. The number of primary amides is 1. The normalized spacial score (nSPS) is 16.7. The van der Waals surface area contributed by atoms with E-state index in [9.17, 15) is 9.59 Å². The van der Waals surface area contributed by atoms with Crippen LogP contribution in [0.5, 0.6) is 0 Å². The zero-order chi connectivity index (χ0) is 22.2. The van der Waals surface area contributed by atoms with Gasteiger partial charge in [0.15, 0.2) is 0 Å². The van der Waals surface area contributed by atoms with Crippen LogP contribution in [-0.4, -0.2) is 43.6 Å². The highest BCUT2D eigenvalue weighted by atomic mass is 32.1. The second-order valence-corrected chi connectivity index (χ2v) is 9.23.